The summed E-state index contributed by atoms with van der Waals surface area (Å²) in [5.41, 5.74) is -0.145. The molecule has 0 fully saturated rings. The quantitative estimate of drug-likeness (QED) is 0.613. The molecular weight excluding hydrogens is 258 g/mol. The van der Waals surface area contributed by atoms with Crippen LogP contribution in [0.1, 0.15) is 0 Å². The number of hydroxylamine groups is 1. The molecule has 0 aliphatic heterocycles. The van der Waals surface area contributed by atoms with Crippen molar-refractivity contribution >= 4 is 21.0 Å². The zero-order valence-electron chi connectivity index (χ0n) is 9.78. The molecule has 0 saturated heterocycles. The average molecular weight is 269 g/mol. The molecular formula is C11H11NO5S. The summed E-state index contributed by atoms with van der Waals surface area (Å²) in [6, 6.07) is 6.96. The molecule has 0 N–H and O–H groups in total. The molecule has 0 amide bonds. The third-order valence-corrected chi connectivity index (χ3v) is 4.16. The van der Waals surface area contributed by atoms with Crippen LogP contribution in [0, 0.1) is 0 Å². The van der Waals surface area contributed by atoms with Gasteiger partial charge in [-0.25, -0.2) is 13.2 Å². The zero-order valence-corrected chi connectivity index (χ0v) is 10.6. The second-order valence-corrected chi connectivity index (χ2v) is 5.49. The van der Waals surface area contributed by atoms with Crippen LogP contribution in [0.25, 0.3) is 11.0 Å². The maximum atomic E-state index is 12.0. The van der Waals surface area contributed by atoms with Crippen LogP contribution in [0.5, 0.6) is 0 Å². The van der Waals surface area contributed by atoms with Crippen molar-refractivity contribution in [3.63, 3.8) is 0 Å². The molecule has 1 heterocycles. The van der Waals surface area contributed by atoms with Gasteiger partial charge >= 0.3 is 5.63 Å². The summed E-state index contributed by atoms with van der Waals surface area (Å²) in [6.07, 6.45) is 0. The molecule has 0 atom stereocenters. The lowest BCUT2D eigenvalue weighted by Crippen LogP contribution is -2.25. The van der Waals surface area contributed by atoms with Crippen molar-refractivity contribution in [2.24, 2.45) is 0 Å². The monoisotopic (exact) mass is 269 g/mol. The Morgan fingerprint density at radius 2 is 1.94 bits per heavy atom. The Balaban J connectivity index is 2.61. The van der Waals surface area contributed by atoms with E-state index in [1.165, 1.54) is 44.5 Å². The maximum absolute atomic E-state index is 12.0. The Labute approximate surface area is 103 Å². The van der Waals surface area contributed by atoms with Crippen molar-refractivity contribution < 1.29 is 17.7 Å². The molecule has 0 saturated carbocycles. The zero-order chi connectivity index (χ0) is 13.3. The molecule has 0 bridgehead atoms. The number of hydrogen-bond donors (Lipinski definition) is 0. The second-order valence-electron chi connectivity index (χ2n) is 3.55. The lowest BCUT2D eigenvalue weighted by atomic mass is 10.2. The Morgan fingerprint density at radius 1 is 1.22 bits per heavy atom. The summed E-state index contributed by atoms with van der Waals surface area (Å²) in [5, 5.41) is 0.528. The molecule has 2 aromatic rings. The summed E-state index contributed by atoms with van der Waals surface area (Å²) in [6.45, 7) is 0. The minimum absolute atomic E-state index is 0.0631. The molecule has 0 aliphatic carbocycles. The van der Waals surface area contributed by atoms with Crippen molar-refractivity contribution in [3.05, 3.63) is 40.8 Å². The molecule has 1 aromatic carbocycles. The lowest BCUT2D eigenvalue weighted by molar-refractivity contribution is -0.0258. The normalized spacial score (nSPS) is 12.2. The van der Waals surface area contributed by atoms with Gasteiger partial charge in [-0.2, -0.15) is 0 Å². The Hall–Kier alpha value is -1.70. The predicted octanol–water partition coefficient (Wildman–Crippen LogP) is 0.975. The summed E-state index contributed by atoms with van der Waals surface area (Å²) in [4.78, 5) is 15.7. The van der Waals surface area contributed by atoms with Gasteiger partial charge in [0.1, 0.15) is 5.58 Å². The first-order valence-corrected chi connectivity index (χ1v) is 6.46. The third kappa shape index (κ3) is 2.15. The van der Waals surface area contributed by atoms with Gasteiger partial charge in [-0.15, -0.1) is 0 Å². The van der Waals surface area contributed by atoms with Crippen LogP contribution in [0.2, 0.25) is 0 Å². The highest BCUT2D eigenvalue weighted by Crippen LogP contribution is 2.20. The highest BCUT2D eigenvalue weighted by atomic mass is 32.2. The van der Waals surface area contributed by atoms with Crippen molar-refractivity contribution in [3.8, 4) is 0 Å². The molecule has 96 valence electrons. The van der Waals surface area contributed by atoms with Gasteiger partial charge in [-0.3, -0.25) is 4.84 Å². The van der Waals surface area contributed by atoms with E-state index in [2.05, 4.69) is 4.84 Å². The van der Waals surface area contributed by atoms with Crippen LogP contribution in [-0.4, -0.2) is 27.0 Å². The maximum Gasteiger partial charge on any atom is 0.336 e. The number of fused-ring (bicyclic) bond motifs is 1. The summed E-state index contributed by atoms with van der Waals surface area (Å²) in [5.74, 6) is 0. The molecule has 0 radical (unpaired) electrons. The minimum atomic E-state index is -3.70. The van der Waals surface area contributed by atoms with Gasteiger partial charge < -0.3 is 4.42 Å². The molecule has 7 heteroatoms. The number of hydrogen-bond acceptors (Lipinski definition) is 5. The fourth-order valence-electron chi connectivity index (χ4n) is 1.46. The van der Waals surface area contributed by atoms with Crippen LogP contribution in [0.15, 0.2) is 44.4 Å². The topological polar surface area (TPSA) is 76.8 Å². The van der Waals surface area contributed by atoms with Gasteiger partial charge in [0.25, 0.3) is 10.0 Å². The smallest absolute Gasteiger partial charge is 0.336 e. The van der Waals surface area contributed by atoms with E-state index in [-0.39, 0.29) is 4.90 Å². The van der Waals surface area contributed by atoms with Crippen LogP contribution < -0.4 is 5.63 Å². The van der Waals surface area contributed by atoms with E-state index in [4.69, 9.17) is 4.42 Å². The number of benzene rings is 1. The molecule has 0 unspecified atom stereocenters. The van der Waals surface area contributed by atoms with Gasteiger partial charge in [0, 0.05) is 18.5 Å². The Morgan fingerprint density at radius 3 is 2.61 bits per heavy atom. The number of sulfonamides is 1. The largest absolute Gasteiger partial charge is 0.423 e. The molecule has 1 aromatic heterocycles. The predicted molar refractivity (Wildman–Crippen MR) is 64.4 cm³/mol. The standard InChI is InChI=1S/C11H11NO5S/c1-12(16-2)18(14,15)9-4-5-10-8(7-9)3-6-11(13)17-10/h3-7H,1-2H3. The van der Waals surface area contributed by atoms with E-state index in [1.54, 1.807) is 0 Å². The third-order valence-electron chi connectivity index (χ3n) is 2.48. The fraction of sp³-hybridized carbons (Fsp3) is 0.182. The van der Waals surface area contributed by atoms with E-state index in [1.807, 2.05) is 0 Å². The van der Waals surface area contributed by atoms with E-state index < -0.39 is 15.6 Å². The first-order chi connectivity index (χ1) is 8.45. The van der Waals surface area contributed by atoms with E-state index in [0.29, 0.717) is 11.0 Å². The molecule has 18 heavy (non-hydrogen) atoms. The van der Waals surface area contributed by atoms with Crippen LogP contribution in [0.3, 0.4) is 0 Å². The van der Waals surface area contributed by atoms with Gasteiger partial charge in [0.2, 0.25) is 0 Å². The summed E-state index contributed by atoms with van der Waals surface area (Å²) < 4.78 is 29.6. The Kier molecular flexibility index (Phi) is 3.20. The fourth-order valence-corrected chi connectivity index (χ4v) is 2.47. The van der Waals surface area contributed by atoms with Gasteiger partial charge in [-0.1, -0.05) is 4.47 Å². The van der Waals surface area contributed by atoms with Crippen molar-refractivity contribution in [2.45, 2.75) is 4.90 Å². The average Bonchev–Trinajstić information content (AvgIpc) is 2.36. The summed E-state index contributed by atoms with van der Waals surface area (Å²) >= 11 is 0. The highest BCUT2D eigenvalue weighted by molar-refractivity contribution is 7.89. The first kappa shape index (κ1) is 12.7. The van der Waals surface area contributed by atoms with Crippen molar-refractivity contribution in [1.29, 1.82) is 0 Å². The highest BCUT2D eigenvalue weighted by Gasteiger charge is 2.21. The second kappa shape index (κ2) is 4.52. The van der Waals surface area contributed by atoms with E-state index in [0.717, 1.165) is 4.47 Å². The van der Waals surface area contributed by atoms with Crippen LogP contribution >= 0.6 is 0 Å². The molecule has 6 nitrogen and oxygen atoms in total. The molecule has 0 aliphatic rings. The SMILES string of the molecule is CON(C)S(=O)(=O)c1ccc2oc(=O)ccc2c1. The first-order valence-electron chi connectivity index (χ1n) is 5.02. The summed E-state index contributed by atoms with van der Waals surface area (Å²) in [7, 11) is -1.14. The molecule has 2 rings (SSSR count). The molecule has 0 spiro atoms. The lowest BCUT2D eigenvalue weighted by Gasteiger charge is -2.14. The van der Waals surface area contributed by atoms with E-state index >= 15 is 0 Å². The Bertz CT molecular complexity index is 734. The van der Waals surface area contributed by atoms with Crippen molar-refractivity contribution in [1.82, 2.24) is 4.47 Å². The minimum Gasteiger partial charge on any atom is -0.423 e. The number of nitrogens with zero attached hydrogens (tertiary/aromatic N) is 1. The number of rotatable bonds is 3. The van der Waals surface area contributed by atoms with Gasteiger partial charge in [0.15, 0.2) is 0 Å². The van der Waals surface area contributed by atoms with Crippen LogP contribution in [0.4, 0.5) is 0 Å². The van der Waals surface area contributed by atoms with Crippen molar-refractivity contribution in [2.75, 3.05) is 14.2 Å². The van der Waals surface area contributed by atoms with Gasteiger partial charge in [-0.05, 0) is 24.3 Å². The van der Waals surface area contributed by atoms with E-state index in [9.17, 15) is 13.2 Å². The van der Waals surface area contributed by atoms with Crippen LogP contribution in [-0.2, 0) is 14.9 Å². The van der Waals surface area contributed by atoms with Gasteiger partial charge in [0.05, 0.1) is 12.0 Å².